The number of carbonyl (C=O) groups is 1. The van der Waals surface area contributed by atoms with Crippen molar-refractivity contribution in [3.8, 4) is 0 Å². The molecular weight excluding hydrogens is 338 g/mol. The first kappa shape index (κ1) is 19.9. The van der Waals surface area contributed by atoms with Crippen LogP contribution in [0.25, 0.3) is 0 Å². The van der Waals surface area contributed by atoms with Crippen LogP contribution in [0.5, 0.6) is 0 Å². The van der Waals surface area contributed by atoms with E-state index >= 15 is 0 Å². The molecule has 0 saturated heterocycles. The Hall–Kier alpha value is -1.15. The van der Waals surface area contributed by atoms with E-state index in [4.69, 9.17) is 11.6 Å². The maximum absolute atomic E-state index is 11.9. The Balaban J connectivity index is 2.46. The van der Waals surface area contributed by atoms with Crippen molar-refractivity contribution >= 4 is 27.5 Å². The van der Waals surface area contributed by atoms with E-state index in [2.05, 4.69) is 5.32 Å². The molecule has 0 saturated carbocycles. The van der Waals surface area contributed by atoms with Gasteiger partial charge in [0.25, 0.3) is 0 Å². The number of hydrogen-bond acceptors (Lipinski definition) is 4. The molecule has 0 bridgehead atoms. The van der Waals surface area contributed by atoms with Crippen LogP contribution in [0.4, 0.5) is 0 Å². The van der Waals surface area contributed by atoms with Crippen LogP contribution >= 0.6 is 11.6 Å². The van der Waals surface area contributed by atoms with Crippen LogP contribution in [0.2, 0.25) is 5.02 Å². The number of nitrogens with one attached hydrogen (secondary N) is 1. The summed E-state index contributed by atoms with van der Waals surface area (Å²) in [5, 5.41) is 3.39. The van der Waals surface area contributed by atoms with Gasteiger partial charge in [-0.1, -0.05) is 23.7 Å². The van der Waals surface area contributed by atoms with Gasteiger partial charge < -0.3 is 10.2 Å². The van der Waals surface area contributed by atoms with Gasteiger partial charge >= 0.3 is 0 Å². The Morgan fingerprint density at radius 1 is 1.26 bits per heavy atom. The SMILES string of the molecule is CN(C)CCN(CC(=O)NCCc1cccc(Cl)c1)S(C)(=O)=O. The summed E-state index contributed by atoms with van der Waals surface area (Å²) in [5.41, 5.74) is 1.02. The lowest BCUT2D eigenvalue weighted by Gasteiger charge is -2.21. The van der Waals surface area contributed by atoms with Crippen molar-refractivity contribution < 1.29 is 13.2 Å². The van der Waals surface area contributed by atoms with Gasteiger partial charge in [0.1, 0.15) is 0 Å². The first-order valence-electron chi connectivity index (χ1n) is 7.29. The number of benzene rings is 1. The highest BCUT2D eigenvalue weighted by Gasteiger charge is 2.19. The topological polar surface area (TPSA) is 69.7 Å². The number of sulfonamides is 1. The summed E-state index contributed by atoms with van der Waals surface area (Å²) in [6.45, 7) is 1.11. The lowest BCUT2D eigenvalue weighted by Crippen LogP contribution is -2.43. The molecule has 0 radical (unpaired) electrons. The van der Waals surface area contributed by atoms with E-state index in [1.807, 2.05) is 37.2 Å². The number of carbonyl (C=O) groups excluding carboxylic acids is 1. The van der Waals surface area contributed by atoms with Gasteiger partial charge in [-0.15, -0.1) is 0 Å². The van der Waals surface area contributed by atoms with E-state index in [1.165, 1.54) is 4.31 Å². The van der Waals surface area contributed by atoms with Crippen LogP contribution in [0.15, 0.2) is 24.3 Å². The summed E-state index contributed by atoms with van der Waals surface area (Å²) in [7, 11) is 0.295. The number of hydrogen-bond donors (Lipinski definition) is 1. The molecule has 1 rings (SSSR count). The minimum Gasteiger partial charge on any atom is -0.355 e. The van der Waals surface area contributed by atoms with Crippen LogP contribution in [-0.2, 0) is 21.2 Å². The van der Waals surface area contributed by atoms with Gasteiger partial charge in [-0.2, -0.15) is 4.31 Å². The van der Waals surface area contributed by atoms with Crippen molar-refractivity contribution in [3.05, 3.63) is 34.9 Å². The van der Waals surface area contributed by atoms with Crippen LogP contribution in [0.3, 0.4) is 0 Å². The molecule has 0 heterocycles. The highest BCUT2D eigenvalue weighted by molar-refractivity contribution is 7.88. The summed E-state index contributed by atoms with van der Waals surface area (Å²) in [6, 6.07) is 7.41. The molecule has 23 heavy (non-hydrogen) atoms. The van der Waals surface area contributed by atoms with E-state index in [1.54, 1.807) is 6.07 Å². The molecule has 1 N–H and O–H groups in total. The van der Waals surface area contributed by atoms with E-state index in [0.29, 0.717) is 24.5 Å². The van der Waals surface area contributed by atoms with Crippen LogP contribution in [-0.4, -0.2) is 70.1 Å². The maximum Gasteiger partial charge on any atom is 0.235 e. The zero-order valence-electron chi connectivity index (χ0n) is 13.8. The molecule has 0 spiro atoms. The molecule has 0 aliphatic rings. The van der Waals surface area contributed by atoms with Crippen molar-refractivity contribution in [1.82, 2.24) is 14.5 Å². The van der Waals surface area contributed by atoms with Crippen molar-refractivity contribution in [2.75, 3.05) is 46.5 Å². The summed E-state index contributed by atoms with van der Waals surface area (Å²) in [5.74, 6) is -0.309. The lowest BCUT2D eigenvalue weighted by molar-refractivity contribution is -0.121. The average molecular weight is 362 g/mol. The number of likely N-dealkylation sites (N-methyl/N-ethyl adjacent to an activating group) is 1. The largest absolute Gasteiger partial charge is 0.355 e. The second-order valence-corrected chi connectivity index (χ2v) is 8.05. The van der Waals surface area contributed by atoms with Gasteiger partial charge in [0.2, 0.25) is 15.9 Å². The second kappa shape index (κ2) is 9.22. The summed E-state index contributed by atoms with van der Waals surface area (Å²) < 4.78 is 24.6. The average Bonchev–Trinajstić information content (AvgIpc) is 2.42. The van der Waals surface area contributed by atoms with Gasteiger partial charge in [0.15, 0.2) is 0 Å². The summed E-state index contributed by atoms with van der Waals surface area (Å²) in [6.07, 6.45) is 1.75. The fraction of sp³-hybridized carbons (Fsp3) is 0.533. The normalized spacial score (nSPS) is 11.9. The Labute approximate surface area is 143 Å². The minimum absolute atomic E-state index is 0.164. The fourth-order valence-electron chi connectivity index (χ4n) is 1.93. The summed E-state index contributed by atoms with van der Waals surface area (Å²) in [4.78, 5) is 13.8. The van der Waals surface area contributed by atoms with E-state index in [9.17, 15) is 13.2 Å². The van der Waals surface area contributed by atoms with Crippen LogP contribution in [0.1, 0.15) is 5.56 Å². The van der Waals surface area contributed by atoms with E-state index in [-0.39, 0.29) is 19.0 Å². The minimum atomic E-state index is -3.41. The number of halogens is 1. The predicted molar refractivity (Wildman–Crippen MR) is 93.1 cm³/mol. The zero-order chi connectivity index (χ0) is 17.5. The third kappa shape index (κ3) is 8.31. The third-order valence-electron chi connectivity index (χ3n) is 3.21. The first-order valence-corrected chi connectivity index (χ1v) is 9.52. The Morgan fingerprint density at radius 2 is 1.96 bits per heavy atom. The first-order chi connectivity index (χ1) is 10.7. The van der Waals surface area contributed by atoms with E-state index in [0.717, 1.165) is 11.8 Å². The molecule has 0 unspecified atom stereocenters. The van der Waals surface area contributed by atoms with Crippen molar-refractivity contribution in [3.63, 3.8) is 0 Å². The Bertz CT molecular complexity index is 620. The Kier molecular flexibility index (Phi) is 7.98. The molecule has 6 nitrogen and oxygen atoms in total. The van der Waals surface area contributed by atoms with Gasteiger partial charge in [-0.05, 0) is 38.2 Å². The van der Waals surface area contributed by atoms with Gasteiger partial charge in [0, 0.05) is 24.7 Å². The molecule has 1 aromatic rings. The quantitative estimate of drug-likeness (QED) is 0.707. The molecule has 1 aromatic carbocycles. The molecule has 1 amide bonds. The zero-order valence-corrected chi connectivity index (χ0v) is 15.3. The second-order valence-electron chi connectivity index (χ2n) is 5.63. The summed E-state index contributed by atoms with van der Waals surface area (Å²) >= 11 is 5.90. The van der Waals surface area contributed by atoms with Crippen LogP contribution in [0, 0.1) is 0 Å². The molecule has 0 aliphatic carbocycles. The predicted octanol–water partition coefficient (Wildman–Crippen LogP) is 0.822. The monoisotopic (exact) mass is 361 g/mol. The molecule has 0 aliphatic heterocycles. The standard InChI is InChI=1S/C15H24ClN3O3S/c1-18(2)9-10-19(23(3,21)22)12-15(20)17-8-7-13-5-4-6-14(16)11-13/h4-6,11H,7-10,12H2,1-3H3,(H,17,20). The number of nitrogens with zero attached hydrogens (tertiary/aromatic N) is 2. The molecule has 0 fully saturated rings. The molecular formula is C15H24ClN3O3S. The fourth-order valence-corrected chi connectivity index (χ4v) is 2.91. The molecule has 130 valence electrons. The number of amides is 1. The lowest BCUT2D eigenvalue weighted by atomic mass is 10.1. The smallest absolute Gasteiger partial charge is 0.235 e. The maximum atomic E-state index is 11.9. The molecule has 0 aromatic heterocycles. The molecule has 8 heteroatoms. The van der Waals surface area contributed by atoms with Gasteiger partial charge in [-0.25, -0.2) is 8.42 Å². The van der Waals surface area contributed by atoms with Crippen molar-refractivity contribution in [1.29, 1.82) is 0 Å². The third-order valence-corrected chi connectivity index (χ3v) is 4.70. The van der Waals surface area contributed by atoms with E-state index < -0.39 is 10.0 Å². The van der Waals surface area contributed by atoms with Gasteiger partial charge in [-0.3, -0.25) is 4.79 Å². The Morgan fingerprint density at radius 3 is 2.52 bits per heavy atom. The van der Waals surface area contributed by atoms with Crippen molar-refractivity contribution in [2.24, 2.45) is 0 Å². The highest BCUT2D eigenvalue weighted by Crippen LogP contribution is 2.10. The van der Waals surface area contributed by atoms with Gasteiger partial charge in [0.05, 0.1) is 12.8 Å². The number of rotatable bonds is 9. The highest BCUT2D eigenvalue weighted by atomic mass is 35.5. The van der Waals surface area contributed by atoms with Crippen LogP contribution < -0.4 is 5.32 Å². The molecule has 0 atom stereocenters. The van der Waals surface area contributed by atoms with Crippen molar-refractivity contribution in [2.45, 2.75) is 6.42 Å².